The molecule has 0 fully saturated rings. The first kappa shape index (κ1) is 37.3. The van der Waals surface area contributed by atoms with Crippen molar-refractivity contribution in [2.45, 2.75) is 140 Å². The summed E-state index contributed by atoms with van der Waals surface area (Å²) < 4.78 is 17.1. The highest BCUT2D eigenvalue weighted by atomic mass is 79.9. The zero-order valence-electron chi connectivity index (χ0n) is 24.7. The quantitative estimate of drug-likeness (QED) is 0.0364. The monoisotopic (exact) mass is 650 g/mol. The highest BCUT2D eigenvalue weighted by Gasteiger charge is 2.11. The third-order valence-corrected chi connectivity index (χ3v) is 8.60. The molecular formula is C32H60Br2O3. The summed E-state index contributed by atoms with van der Waals surface area (Å²) in [6.07, 6.45) is 29.0. The average molecular weight is 653 g/mol. The summed E-state index contributed by atoms with van der Waals surface area (Å²) in [5.41, 5.74) is 0. The molecule has 0 aliphatic rings. The Hall–Kier alpha value is 0.320. The van der Waals surface area contributed by atoms with E-state index in [1.807, 2.05) is 0 Å². The van der Waals surface area contributed by atoms with Gasteiger partial charge in [-0.15, -0.1) is 0 Å². The van der Waals surface area contributed by atoms with Gasteiger partial charge in [-0.1, -0.05) is 122 Å². The van der Waals surface area contributed by atoms with Gasteiger partial charge < -0.3 is 14.2 Å². The number of unbranched alkanes of at least 4 members (excludes halogenated alkanes) is 4. The minimum absolute atomic E-state index is 0.311. The van der Waals surface area contributed by atoms with Crippen molar-refractivity contribution in [1.82, 2.24) is 0 Å². The molecule has 3 nitrogen and oxygen atoms in total. The fourth-order valence-corrected chi connectivity index (χ4v) is 5.78. The minimum atomic E-state index is 0.311. The fraction of sp³-hybridized carbons (Fsp3) is 0.875. The SMILES string of the molecule is CCCCC=CC(CCOCOCOCCC(C=CCCCC)CCC(Br)CCC)CCC(Br)CCC. The Morgan fingerprint density at radius 2 is 0.946 bits per heavy atom. The first-order valence-electron chi connectivity index (χ1n) is 15.4. The van der Waals surface area contributed by atoms with Crippen LogP contribution >= 0.6 is 31.9 Å². The Morgan fingerprint density at radius 3 is 1.32 bits per heavy atom. The number of alkyl halides is 2. The van der Waals surface area contributed by atoms with Crippen LogP contribution in [0.4, 0.5) is 0 Å². The molecule has 0 amide bonds. The standard InChI is InChI=1S/C32H60Br2O3/c1-5-9-11-13-17-29(19-21-31(33)15-7-3)23-25-35-27-37-28-36-26-24-30(18-14-12-10-6-2)20-22-32(34)16-8-4/h13-14,17-18,29-32H,5-12,15-16,19-28H2,1-4H3. The summed E-state index contributed by atoms with van der Waals surface area (Å²) in [5, 5.41) is 0. The van der Waals surface area contributed by atoms with Gasteiger partial charge in [0.15, 0.2) is 0 Å². The number of hydrogen-bond acceptors (Lipinski definition) is 3. The number of halogens is 2. The number of allylic oxidation sites excluding steroid dienone is 4. The van der Waals surface area contributed by atoms with Crippen molar-refractivity contribution in [3.8, 4) is 0 Å². The topological polar surface area (TPSA) is 27.7 Å². The van der Waals surface area contributed by atoms with Crippen LogP contribution in [-0.2, 0) is 14.2 Å². The molecule has 0 aliphatic carbocycles. The molecule has 0 rings (SSSR count). The molecule has 0 saturated heterocycles. The van der Waals surface area contributed by atoms with Crippen LogP contribution in [0, 0.1) is 11.8 Å². The molecule has 0 radical (unpaired) electrons. The molecule has 0 spiro atoms. The Kier molecular flexibility index (Phi) is 29.6. The molecule has 0 bridgehead atoms. The normalized spacial score (nSPS) is 15.5. The molecular weight excluding hydrogens is 592 g/mol. The Labute approximate surface area is 248 Å². The van der Waals surface area contributed by atoms with Crippen LogP contribution in [0.25, 0.3) is 0 Å². The average Bonchev–Trinajstić information content (AvgIpc) is 2.89. The summed E-state index contributed by atoms with van der Waals surface area (Å²) in [5.74, 6) is 1.17. The van der Waals surface area contributed by atoms with Crippen molar-refractivity contribution in [2.75, 3.05) is 26.8 Å². The summed E-state index contributed by atoms with van der Waals surface area (Å²) in [4.78, 5) is 1.27. The van der Waals surface area contributed by atoms with Gasteiger partial charge in [0.25, 0.3) is 0 Å². The summed E-state index contributed by atoms with van der Waals surface area (Å²) >= 11 is 7.67. The minimum Gasteiger partial charge on any atom is -0.355 e. The van der Waals surface area contributed by atoms with E-state index >= 15 is 0 Å². The van der Waals surface area contributed by atoms with Gasteiger partial charge in [0.05, 0.1) is 0 Å². The van der Waals surface area contributed by atoms with Gasteiger partial charge in [-0.3, -0.25) is 0 Å². The molecule has 0 aromatic heterocycles. The van der Waals surface area contributed by atoms with Crippen LogP contribution in [0.1, 0.15) is 130 Å². The molecule has 0 N–H and O–H groups in total. The molecule has 0 aliphatic heterocycles. The summed E-state index contributed by atoms with van der Waals surface area (Å²) in [6.45, 7) is 11.1. The molecule has 0 aromatic carbocycles. The molecule has 220 valence electrons. The predicted octanol–water partition coefficient (Wildman–Crippen LogP) is 11.1. The summed E-state index contributed by atoms with van der Waals surface area (Å²) in [6, 6.07) is 0. The van der Waals surface area contributed by atoms with E-state index in [1.165, 1.54) is 89.9 Å². The van der Waals surface area contributed by atoms with E-state index in [1.54, 1.807) is 0 Å². The van der Waals surface area contributed by atoms with E-state index in [0.29, 0.717) is 35.1 Å². The third-order valence-electron chi connectivity index (χ3n) is 6.77. The van der Waals surface area contributed by atoms with Gasteiger partial charge in [0.1, 0.15) is 13.6 Å². The Morgan fingerprint density at radius 1 is 0.514 bits per heavy atom. The molecule has 4 atom stereocenters. The van der Waals surface area contributed by atoms with Gasteiger partial charge in [-0.05, 0) is 76.0 Å². The Bertz CT molecular complexity index is 468. The zero-order chi connectivity index (χ0) is 27.4. The van der Waals surface area contributed by atoms with Crippen molar-refractivity contribution in [3.63, 3.8) is 0 Å². The zero-order valence-corrected chi connectivity index (χ0v) is 27.9. The maximum absolute atomic E-state index is 5.77. The van der Waals surface area contributed by atoms with Crippen molar-refractivity contribution in [3.05, 3.63) is 24.3 Å². The van der Waals surface area contributed by atoms with Crippen molar-refractivity contribution < 1.29 is 14.2 Å². The molecule has 0 aromatic rings. The lowest BCUT2D eigenvalue weighted by molar-refractivity contribution is -0.133. The van der Waals surface area contributed by atoms with Gasteiger partial charge in [-0.2, -0.15) is 0 Å². The molecule has 0 heterocycles. The first-order valence-corrected chi connectivity index (χ1v) is 17.2. The van der Waals surface area contributed by atoms with Gasteiger partial charge >= 0.3 is 0 Å². The van der Waals surface area contributed by atoms with E-state index in [-0.39, 0.29) is 0 Å². The van der Waals surface area contributed by atoms with Crippen LogP contribution in [0.5, 0.6) is 0 Å². The van der Waals surface area contributed by atoms with Crippen molar-refractivity contribution in [1.29, 1.82) is 0 Å². The molecule has 5 heteroatoms. The van der Waals surface area contributed by atoms with Gasteiger partial charge in [0, 0.05) is 22.9 Å². The molecule has 37 heavy (non-hydrogen) atoms. The van der Waals surface area contributed by atoms with Gasteiger partial charge in [-0.25, -0.2) is 0 Å². The van der Waals surface area contributed by atoms with Crippen LogP contribution in [-0.4, -0.2) is 36.5 Å². The van der Waals surface area contributed by atoms with E-state index in [9.17, 15) is 0 Å². The van der Waals surface area contributed by atoms with E-state index in [4.69, 9.17) is 14.2 Å². The van der Waals surface area contributed by atoms with Crippen LogP contribution in [0.3, 0.4) is 0 Å². The van der Waals surface area contributed by atoms with E-state index in [2.05, 4.69) is 83.9 Å². The summed E-state index contributed by atoms with van der Waals surface area (Å²) in [7, 11) is 0. The van der Waals surface area contributed by atoms with Crippen LogP contribution in [0.2, 0.25) is 0 Å². The fourth-order valence-electron chi connectivity index (χ4n) is 4.34. The number of rotatable bonds is 28. The lowest BCUT2D eigenvalue weighted by Gasteiger charge is -2.16. The van der Waals surface area contributed by atoms with E-state index < -0.39 is 0 Å². The smallest absolute Gasteiger partial charge is 0.149 e. The van der Waals surface area contributed by atoms with Crippen LogP contribution < -0.4 is 0 Å². The number of hydrogen-bond donors (Lipinski definition) is 0. The van der Waals surface area contributed by atoms with Gasteiger partial charge in [0.2, 0.25) is 0 Å². The van der Waals surface area contributed by atoms with Crippen molar-refractivity contribution >= 4 is 31.9 Å². The lowest BCUT2D eigenvalue weighted by atomic mass is 9.96. The molecule has 0 saturated carbocycles. The predicted molar refractivity (Wildman–Crippen MR) is 170 cm³/mol. The maximum atomic E-state index is 5.77. The highest BCUT2D eigenvalue weighted by Crippen LogP contribution is 2.22. The second-order valence-electron chi connectivity index (χ2n) is 10.4. The first-order chi connectivity index (χ1) is 18.1. The maximum Gasteiger partial charge on any atom is 0.149 e. The second kappa shape index (κ2) is 29.3. The third kappa shape index (κ3) is 26.3. The van der Waals surface area contributed by atoms with Crippen LogP contribution in [0.15, 0.2) is 24.3 Å². The number of ether oxygens (including phenoxy) is 3. The second-order valence-corrected chi connectivity index (χ2v) is 13.0. The Balaban J connectivity index is 4.13. The van der Waals surface area contributed by atoms with E-state index in [0.717, 1.165) is 26.1 Å². The van der Waals surface area contributed by atoms with Crippen molar-refractivity contribution in [2.24, 2.45) is 11.8 Å². The molecule has 4 unspecified atom stereocenters. The highest BCUT2D eigenvalue weighted by molar-refractivity contribution is 9.09. The lowest BCUT2D eigenvalue weighted by Crippen LogP contribution is -2.11. The largest absolute Gasteiger partial charge is 0.355 e.